The summed E-state index contributed by atoms with van der Waals surface area (Å²) in [5.41, 5.74) is 3.43. The molecule has 0 bridgehead atoms. The molecule has 1 aliphatic rings. The van der Waals surface area contributed by atoms with Gasteiger partial charge in [-0.05, 0) is 68.0 Å². The molecular weight excluding hydrogens is 549 g/mol. The van der Waals surface area contributed by atoms with Crippen LogP contribution in [0.3, 0.4) is 0 Å². The van der Waals surface area contributed by atoms with Crippen molar-refractivity contribution in [3.05, 3.63) is 56.9 Å². The number of nitrogens with one attached hydrogen (secondary N) is 2. The number of hydrazine groups is 1. The van der Waals surface area contributed by atoms with E-state index in [1.54, 1.807) is 37.3 Å². The summed E-state index contributed by atoms with van der Waals surface area (Å²) >= 11 is 18.1. The molecule has 0 spiro atoms. The minimum Gasteiger partial charge on any atom is -0.490 e. The van der Waals surface area contributed by atoms with E-state index in [0.29, 0.717) is 34.4 Å². The van der Waals surface area contributed by atoms with Crippen LogP contribution in [-0.2, 0) is 14.3 Å². The van der Waals surface area contributed by atoms with Gasteiger partial charge in [0.15, 0.2) is 22.4 Å². The fourth-order valence-electron chi connectivity index (χ4n) is 2.89. The number of amides is 3. The predicted molar refractivity (Wildman–Crippen MR) is 143 cm³/mol. The number of halogens is 2. The number of carbonyl (C=O) groups excluding carboxylic acids is 3. The average Bonchev–Trinajstić information content (AvgIpc) is 3.08. The second-order valence-electron chi connectivity index (χ2n) is 6.94. The summed E-state index contributed by atoms with van der Waals surface area (Å²) in [5.74, 6) is -0.251. The monoisotopic (exact) mass is 569 g/mol. The normalized spacial score (nSPS) is 14.1. The number of hydrogen-bond donors (Lipinski definition) is 2. The Hall–Kier alpha value is -2.99. The second kappa shape index (κ2) is 12.8. The Balaban J connectivity index is 1.70. The molecule has 0 saturated carbocycles. The third kappa shape index (κ3) is 7.26. The number of benzene rings is 2. The number of ether oxygens (including phenoxy) is 3. The molecule has 2 aromatic carbocycles. The number of rotatable bonds is 9. The summed E-state index contributed by atoms with van der Waals surface area (Å²) in [7, 11) is 0. The van der Waals surface area contributed by atoms with Gasteiger partial charge in [0.2, 0.25) is 0 Å². The van der Waals surface area contributed by atoms with Gasteiger partial charge >= 0.3 is 12.0 Å². The van der Waals surface area contributed by atoms with Gasteiger partial charge in [-0.15, -0.1) is 0 Å². The van der Waals surface area contributed by atoms with Crippen molar-refractivity contribution in [3.63, 3.8) is 0 Å². The maximum absolute atomic E-state index is 12.9. The van der Waals surface area contributed by atoms with Crippen LogP contribution in [0.5, 0.6) is 11.5 Å². The summed E-state index contributed by atoms with van der Waals surface area (Å²) in [4.78, 5) is 37.1. The Bertz CT molecular complexity index is 1220. The highest BCUT2D eigenvalue weighted by atomic mass is 35.5. The first-order valence-corrected chi connectivity index (χ1v) is 12.6. The fraction of sp³-hybridized carbons (Fsp3) is 0.217. The molecular formula is C23H21Cl2N3O6S2. The zero-order chi connectivity index (χ0) is 26.2. The molecule has 1 saturated heterocycles. The topological polar surface area (TPSA) is 106 Å². The number of nitrogens with zero attached hydrogens (tertiary/aromatic N) is 1. The van der Waals surface area contributed by atoms with Gasteiger partial charge < -0.3 is 19.5 Å². The molecule has 36 heavy (non-hydrogen) atoms. The molecule has 1 aliphatic heterocycles. The lowest BCUT2D eigenvalue weighted by atomic mass is 10.2. The van der Waals surface area contributed by atoms with E-state index in [-0.39, 0.29) is 27.5 Å². The molecule has 0 radical (unpaired) electrons. The van der Waals surface area contributed by atoms with Gasteiger partial charge in [0, 0.05) is 5.69 Å². The van der Waals surface area contributed by atoms with Gasteiger partial charge in [-0.3, -0.25) is 4.79 Å². The highest BCUT2D eigenvalue weighted by molar-refractivity contribution is 8.26. The van der Waals surface area contributed by atoms with E-state index in [1.807, 2.05) is 6.92 Å². The second-order valence-corrected chi connectivity index (χ2v) is 9.43. The number of thiocarbonyl (C=S) groups is 1. The summed E-state index contributed by atoms with van der Waals surface area (Å²) in [6.07, 6.45) is 1.61. The van der Waals surface area contributed by atoms with E-state index in [2.05, 4.69) is 10.7 Å². The number of urea groups is 1. The molecule has 2 N–H and O–H groups in total. The first kappa shape index (κ1) is 27.6. The Kier molecular flexibility index (Phi) is 9.82. The minimum absolute atomic E-state index is 0.148. The van der Waals surface area contributed by atoms with Crippen LogP contribution in [0.15, 0.2) is 41.3 Å². The van der Waals surface area contributed by atoms with Crippen molar-refractivity contribution in [2.24, 2.45) is 0 Å². The minimum atomic E-state index is -0.687. The Morgan fingerprint density at radius 1 is 1.06 bits per heavy atom. The van der Waals surface area contributed by atoms with Gasteiger partial charge in [0.1, 0.15) is 0 Å². The zero-order valence-corrected chi connectivity index (χ0v) is 22.3. The molecule has 0 aromatic heterocycles. The lowest BCUT2D eigenvalue weighted by Gasteiger charge is -2.16. The Labute approximate surface area is 227 Å². The predicted octanol–water partition coefficient (Wildman–Crippen LogP) is 5.27. The number of anilines is 1. The third-order valence-corrected chi connectivity index (χ3v) is 6.44. The van der Waals surface area contributed by atoms with Crippen molar-refractivity contribution < 1.29 is 28.6 Å². The number of esters is 1. The number of carbonyl (C=O) groups is 3. The van der Waals surface area contributed by atoms with Crippen LogP contribution in [0, 0.1) is 0 Å². The standard InChI is InChI=1S/C23H21Cl2N3O6S2/c1-3-32-18-9-13(5-8-17(18)34-12-20(29)33-4-2)10-19-21(30)28(23(35)36-19)27-22(31)26-14-6-7-15(24)16(25)11-14/h5-11H,3-4,12H2,1-2H3,(H2,26,27,31)/b19-10-. The quantitative estimate of drug-likeness (QED) is 0.239. The summed E-state index contributed by atoms with van der Waals surface area (Å²) in [6.45, 7) is 3.87. The summed E-state index contributed by atoms with van der Waals surface area (Å²) < 4.78 is 16.1. The van der Waals surface area contributed by atoms with E-state index >= 15 is 0 Å². The fourth-order valence-corrected chi connectivity index (χ4v) is 4.37. The van der Waals surface area contributed by atoms with Crippen LogP contribution in [0.25, 0.3) is 6.08 Å². The smallest absolute Gasteiger partial charge is 0.344 e. The number of hydrogen-bond acceptors (Lipinski definition) is 8. The van der Waals surface area contributed by atoms with Crippen LogP contribution >= 0.6 is 47.2 Å². The lowest BCUT2D eigenvalue weighted by Crippen LogP contribution is -2.46. The van der Waals surface area contributed by atoms with E-state index < -0.39 is 17.9 Å². The van der Waals surface area contributed by atoms with Crippen molar-refractivity contribution in [1.82, 2.24) is 10.4 Å². The molecule has 0 aliphatic carbocycles. The van der Waals surface area contributed by atoms with Crippen molar-refractivity contribution >= 4 is 81.2 Å². The third-order valence-electron chi connectivity index (χ3n) is 4.40. The van der Waals surface area contributed by atoms with Crippen LogP contribution in [0.1, 0.15) is 19.4 Å². The van der Waals surface area contributed by atoms with E-state index in [4.69, 9.17) is 49.6 Å². The maximum atomic E-state index is 12.9. The highest BCUT2D eigenvalue weighted by Gasteiger charge is 2.33. The Morgan fingerprint density at radius 3 is 2.53 bits per heavy atom. The molecule has 1 heterocycles. The number of thioether (sulfide) groups is 1. The van der Waals surface area contributed by atoms with E-state index in [1.165, 1.54) is 12.1 Å². The Morgan fingerprint density at radius 2 is 1.83 bits per heavy atom. The van der Waals surface area contributed by atoms with Crippen molar-refractivity contribution in [2.75, 3.05) is 25.1 Å². The van der Waals surface area contributed by atoms with Gasteiger partial charge in [-0.25, -0.2) is 15.0 Å². The van der Waals surface area contributed by atoms with Crippen LogP contribution in [0.2, 0.25) is 10.0 Å². The van der Waals surface area contributed by atoms with E-state index in [0.717, 1.165) is 16.8 Å². The molecule has 190 valence electrons. The first-order chi connectivity index (χ1) is 17.2. The largest absolute Gasteiger partial charge is 0.490 e. The summed E-state index contributed by atoms with van der Waals surface area (Å²) in [5, 5.41) is 4.14. The molecule has 13 heteroatoms. The summed E-state index contributed by atoms with van der Waals surface area (Å²) in [6, 6.07) is 8.87. The van der Waals surface area contributed by atoms with Gasteiger partial charge in [0.25, 0.3) is 5.91 Å². The molecule has 3 rings (SSSR count). The molecule has 0 unspecified atom stereocenters. The van der Waals surface area contributed by atoms with Gasteiger partial charge in [-0.2, -0.15) is 5.01 Å². The van der Waals surface area contributed by atoms with Crippen molar-refractivity contribution in [2.45, 2.75) is 13.8 Å². The first-order valence-electron chi connectivity index (χ1n) is 10.6. The van der Waals surface area contributed by atoms with Crippen LogP contribution < -0.4 is 20.2 Å². The molecule has 2 aromatic rings. The van der Waals surface area contributed by atoms with Crippen LogP contribution in [-0.4, -0.2) is 47.1 Å². The van der Waals surface area contributed by atoms with Crippen molar-refractivity contribution in [3.8, 4) is 11.5 Å². The molecule has 9 nitrogen and oxygen atoms in total. The van der Waals surface area contributed by atoms with Crippen LogP contribution in [0.4, 0.5) is 10.5 Å². The van der Waals surface area contributed by atoms with Gasteiger partial charge in [-0.1, -0.05) is 41.0 Å². The van der Waals surface area contributed by atoms with E-state index in [9.17, 15) is 14.4 Å². The molecule has 1 fully saturated rings. The average molecular weight is 570 g/mol. The molecule has 3 amide bonds. The molecule has 0 atom stereocenters. The van der Waals surface area contributed by atoms with Crippen molar-refractivity contribution in [1.29, 1.82) is 0 Å². The zero-order valence-electron chi connectivity index (χ0n) is 19.1. The van der Waals surface area contributed by atoms with Gasteiger partial charge in [0.05, 0.1) is 28.2 Å². The highest BCUT2D eigenvalue weighted by Crippen LogP contribution is 2.34. The SMILES string of the molecule is CCOC(=O)COc1ccc(/C=C2\SC(=S)N(NC(=O)Nc3ccc(Cl)c(Cl)c3)C2=O)cc1OCC. The lowest BCUT2D eigenvalue weighted by molar-refractivity contribution is -0.145. The maximum Gasteiger partial charge on any atom is 0.344 e.